The number of hydrogen-bond acceptors (Lipinski definition) is 3. The van der Waals surface area contributed by atoms with E-state index in [1.165, 1.54) is 5.56 Å². The zero-order valence-electron chi connectivity index (χ0n) is 13.1. The Morgan fingerprint density at radius 3 is 2.67 bits per heavy atom. The molecule has 2 aromatic rings. The van der Waals surface area contributed by atoms with Crippen molar-refractivity contribution in [1.82, 2.24) is 9.78 Å². The monoisotopic (exact) mass is 283 g/mol. The van der Waals surface area contributed by atoms with Crippen molar-refractivity contribution in [3.05, 3.63) is 23.9 Å². The van der Waals surface area contributed by atoms with Crippen LogP contribution in [0.1, 0.15) is 39.2 Å². The number of ether oxygens (including phenoxy) is 1. The number of nitriles is 1. The van der Waals surface area contributed by atoms with Crippen LogP contribution in [-0.4, -0.2) is 16.4 Å². The summed E-state index contributed by atoms with van der Waals surface area (Å²) in [5.41, 5.74) is 1.95. The first-order chi connectivity index (χ1) is 9.85. The SMILES string of the molecule is Cn1cc2c(C(C)(C)C)ccc(OCC3(C#N)CC3)c2n1. The Balaban J connectivity index is 1.99. The summed E-state index contributed by atoms with van der Waals surface area (Å²) < 4.78 is 7.74. The van der Waals surface area contributed by atoms with E-state index >= 15 is 0 Å². The van der Waals surface area contributed by atoms with Gasteiger partial charge in [-0.05, 0) is 29.9 Å². The average Bonchev–Trinajstić information content (AvgIpc) is 3.08. The normalized spacial score (nSPS) is 16.7. The van der Waals surface area contributed by atoms with E-state index in [1.54, 1.807) is 0 Å². The van der Waals surface area contributed by atoms with Gasteiger partial charge >= 0.3 is 0 Å². The van der Waals surface area contributed by atoms with Crippen LogP contribution in [0, 0.1) is 16.7 Å². The third-order valence-electron chi connectivity index (χ3n) is 4.16. The molecule has 0 saturated heterocycles. The maximum atomic E-state index is 9.15. The van der Waals surface area contributed by atoms with Gasteiger partial charge in [0.2, 0.25) is 0 Å². The molecular formula is C17H21N3O. The van der Waals surface area contributed by atoms with Crippen molar-refractivity contribution in [3.8, 4) is 11.8 Å². The minimum absolute atomic E-state index is 0.0597. The lowest BCUT2D eigenvalue weighted by Gasteiger charge is -2.20. The van der Waals surface area contributed by atoms with E-state index in [2.05, 4.69) is 38.0 Å². The van der Waals surface area contributed by atoms with Crippen molar-refractivity contribution in [3.63, 3.8) is 0 Å². The fraction of sp³-hybridized carbons (Fsp3) is 0.529. The van der Waals surface area contributed by atoms with E-state index in [0.717, 1.165) is 29.5 Å². The van der Waals surface area contributed by atoms with Gasteiger partial charge in [-0.25, -0.2) is 0 Å². The smallest absolute Gasteiger partial charge is 0.147 e. The topological polar surface area (TPSA) is 50.8 Å². The largest absolute Gasteiger partial charge is 0.490 e. The first-order valence-corrected chi connectivity index (χ1v) is 7.36. The van der Waals surface area contributed by atoms with E-state index in [-0.39, 0.29) is 10.8 Å². The van der Waals surface area contributed by atoms with E-state index < -0.39 is 0 Å². The molecule has 21 heavy (non-hydrogen) atoms. The quantitative estimate of drug-likeness (QED) is 0.865. The Morgan fingerprint density at radius 1 is 1.38 bits per heavy atom. The number of nitrogens with zero attached hydrogens (tertiary/aromatic N) is 3. The molecule has 4 heteroatoms. The highest BCUT2D eigenvalue weighted by atomic mass is 16.5. The molecule has 1 aromatic heterocycles. The summed E-state index contributed by atoms with van der Waals surface area (Å²) in [6.45, 7) is 7.06. The Labute approximate surface area is 125 Å². The Kier molecular flexibility index (Phi) is 2.98. The van der Waals surface area contributed by atoms with Crippen LogP contribution in [0.2, 0.25) is 0 Å². The van der Waals surface area contributed by atoms with Crippen LogP contribution in [0.5, 0.6) is 5.75 Å². The first kappa shape index (κ1) is 13.9. The second-order valence-corrected chi connectivity index (χ2v) is 7.11. The number of hydrogen-bond donors (Lipinski definition) is 0. The van der Waals surface area contributed by atoms with Gasteiger partial charge in [0, 0.05) is 18.6 Å². The minimum Gasteiger partial charge on any atom is -0.490 e. The molecule has 0 radical (unpaired) electrons. The minimum atomic E-state index is -0.260. The molecule has 0 N–H and O–H groups in total. The molecule has 1 heterocycles. The molecular weight excluding hydrogens is 262 g/mol. The Morgan fingerprint density at radius 2 is 2.10 bits per heavy atom. The van der Waals surface area contributed by atoms with Crippen LogP contribution < -0.4 is 4.74 Å². The Hall–Kier alpha value is -2.02. The van der Waals surface area contributed by atoms with Crippen molar-refractivity contribution in [2.75, 3.05) is 6.61 Å². The summed E-state index contributed by atoms with van der Waals surface area (Å²) in [7, 11) is 1.92. The molecule has 1 fully saturated rings. The summed E-state index contributed by atoms with van der Waals surface area (Å²) in [4.78, 5) is 0. The number of rotatable bonds is 3. The zero-order chi connectivity index (χ0) is 15.3. The molecule has 110 valence electrons. The fourth-order valence-electron chi connectivity index (χ4n) is 2.62. The van der Waals surface area contributed by atoms with Crippen molar-refractivity contribution in [2.24, 2.45) is 12.5 Å². The predicted octanol–water partition coefficient (Wildman–Crippen LogP) is 3.55. The first-order valence-electron chi connectivity index (χ1n) is 7.36. The highest BCUT2D eigenvalue weighted by molar-refractivity contribution is 5.88. The van der Waals surface area contributed by atoms with Crippen LogP contribution >= 0.6 is 0 Å². The van der Waals surface area contributed by atoms with E-state index in [9.17, 15) is 0 Å². The molecule has 0 amide bonds. The molecule has 1 aliphatic carbocycles. The van der Waals surface area contributed by atoms with Gasteiger partial charge in [-0.2, -0.15) is 10.4 Å². The van der Waals surface area contributed by atoms with Crippen LogP contribution in [0.25, 0.3) is 10.9 Å². The lowest BCUT2D eigenvalue weighted by atomic mass is 9.85. The summed E-state index contributed by atoms with van der Waals surface area (Å²) in [5.74, 6) is 0.778. The van der Waals surface area contributed by atoms with Crippen LogP contribution in [0.15, 0.2) is 18.3 Å². The highest BCUT2D eigenvalue weighted by Crippen LogP contribution is 2.45. The standard InChI is InChI=1S/C17H21N3O/c1-16(2,3)13-5-6-14(15-12(13)9-20(4)19-15)21-11-17(10-18)7-8-17/h5-6,9H,7-8,11H2,1-4H3. The van der Waals surface area contributed by atoms with Gasteiger partial charge in [0.05, 0.1) is 11.5 Å². The van der Waals surface area contributed by atoms with Gasteiger partial charge in [0.1, 0.15) is 17.9 Å². The maximum absolute atomic E-state index is 9.15. The van der Waals surface area contributed by atoms with Gasteiger partial charge in [0.15, 0.2) is 0 Å². The number of benzene rings is 1. The molecule has 1 aliphatic rings. The predicted molar refractivity (Wildman–Crippen MR) is 82.2 cm³/mol. The van der Waals surface area contributed by atoms with Gasteiger partial charge in [-0.1, -0.05) is 26.8 Å². The second kappa shape index (κ2) is 4.49. The molecule has 0 spiro atoms. The molecule has 0 atom stereocenters. The molecule has 0 bridgehead atoms. The highest BCUT2D eigenvalue weighted by Gasteiger charge is 2.44. The van der Waals surface area contributed by atoms with E-state index in [0.29, 0.717) is 6.61 Å². The van der Waals surface area contributed by atoms with Crippen molar-refractivity contribution < 1.29 is 4.74 Å². The molecule has 4 nitrogen and oxygen atoms in total. The summed E-state index contributed by atoms with van der Waals surface area (Å²) in [6, 6.07) is 6.47. The zero-order valence-corrected chi connectivity index (χ0v) is 13.1. The van der Waals surface area contributed by atoms with Crippen LogP contribution in [-0.2, 0) is 12.5 Å². The molecule has 0 unspecified atom stereocenters. The molecule has 3 rings (SSSR count). The summed E-state index contributed by atoms with van der Waals surface area (Å²) in [6.07, 6.45) is 3.92. The van der Waals surface area contributed by atoms with Crippen molar-refractivity contribution >= 4 is 10.9 Å². The molecule has 0 aliphatic heterocycles. The number of aryl methyl sites for hydroxylation is 1. The van der Waals surface area contributed by atoms with Crippen molar-refractivity contribution in [1.29, 1.82) is 5.26 Å². The fourth-order valence-corrected chi connectivity index (χ4v) is 2.62. The van der Waals surface area contributed by atoms with Gasteiger partial charge in [-0.3, -0.25) is 4.68 Å². The second-order valence-electron chi connectivity index (χ2n) is 7.11. The third-order valence-corrected chi connectivity index (χ3v) is 4.16. The lowest BCUT2D eigenvalue weighted by molar-refractivity contribution is 0.271. The average molecular weight is 283 g/mol. The number of fused-ring (bicyclic) bond motifs is 1. The van der Waals surface area contributed by atoms with Crippen LogP contribution in [0.4, 0.5) is 0 Å². The maximum Gasteiger partial charge on any atom is 0.147 e. The van der Waals surface area contributed by atoms with E-state index in [1.807, 2.05) is 24.0 Å². The van der Waals surface area contributed by atoms with Crippen LogP contribution in [0.3, 0.4) is 0 Å². The Bertz CT molecular complexity index is 727. The van der Waals surface area contributed by atoms with Crippen molar-refractivity contribution in [2.45, 2.75) is 39.0 Å². The van der Waals surface area contributed by atoms with Gasteiger partial charge in [-0.15, -0.1) is 0 Å². The number of aromatic nitrogens is 2. The molecule has 1 saturated carbocycles. The van der Waals surface area contributed by atoms with Gasteiger partial charge < -0.3 is 4.74 Å². The lowest BCUT2D eigenvalue weighted by Crippen LogP contribution is -2.13. The summed E-state index contributed by atoms with van der Waals surface area (Å²) >= 11 is 0. The van der Waals surface area contributed by atoms with Gasteiger partial charge in [0.25, 0.3) is 0 Å². The van der Waals surface area contributed by atoms with E-state index in [4.69, 9.17) is 10.00 Å². The summed E-state index contributed by atoms with van der Waals surface area (Å²) in [5, 5.41) is 14.8. The molecule has 1 aromatic carbocycles. The third kappa shape index (κ3) is 2.49.